The van der Waals surface area contributed by atoms with E-state index in [0.717, 1.165) is 18.6 Å². The fourth-order valence-electron chi connectivity index (χ4n) is 2.52. The summed E-state index contributed by atoms with van der Waals surface area (Å²) in [5.74, 6) is -3.12. The lowest BCUT2D eigenvalue weighted by molar-refractivity contribution is -0.422. The number of allylic oxidation sites excluding steroid dienone is 1. The third-order valence-corrected chi connectivity index (χ3v) is 3.60. The molecule has 1 heterocycles. The Kier molecular flexibility index (Phi) is 5.05. The molecule has 0 radical (unpaired) electrons. The molecular weight excluding hydrogens is 307 g/mol. The molecule has 122 valence electrons. The lowest BCUT2D eigenvalue weighted by atomic mass is 10.0. The normalized spacial score (nSPS) is 15.8. The van der Waals surface area contributed by atoms with Gasteiger partial charge in [0, 0.05) is 18.7 Å². The molecule has 8 heteroatoms. The molecule has 0 amide bonds. The number of nitrogens with zero attached hydrogens (tertiary/aromatic N) is 2. The van der Waals surface area contributed by atoms with Crippen molar-refractivity contribution < 1.29 is 24.0 Å². The number of nitro groups is 1. The van der Waals surface area contributed by atoms with Crippen LogP contribution < -0.4 is 0 Å². The highest BCUT2D eigenvalue weighted by atomic mass is 19.1. The van der Waals surface area contributed by atoms with Gasteiger partial charge in [0.1, 0.15) is 5.82 Å². The molecule has 23 heavy (non-hydrogen) atoms. The number of carboxylic acids is 1. The molecule has 0 bridgehead atoms. The maximum absolute atomic E-state index is 13.0. The number of carboxylic acid groups (broad SMARTS) is 1. The van der Waals surface area contributed by atoms with Crippen molar-refractivity contribution in [3.05, 3.63) is 57.2 Å². The van der Waals surface area contributed by atoms with Crippen LogP contribution in [0, 0.1) is 15.9 Å². The lowest BCUT2D eigenvalue weighted by Crippen LogP contribution is -2.36. The number of carbonyl (C=O) groups excluding carboxylic acids is 1. The van der Waals surface area contributed by atoms with Gasteiger partial charge in [0.2, 0.25) is 5.78 Å². The number of hydrogen-bond donors (Lipinski definition) is 1. The number of rotatable bonds is 5. The summed E-state index contributed by atoms with van der Waals surface area (Å²) in [5, 5.41) is 20.3. The van der Waals surface area contributed by atoms with Crippen molar-refractivity contribution in [1.82, 2.24) is 4.90 Å². The lowest BCUT2D eigenvalue weighted by Gasteiger charge is -2.29. The molecule has 1 aromatic carbocycles. The van der Waals surface area contributed by atoms with Gasteiger partial charge >= 0.3 is 11.7 Å². The first-order chi connectivity index (χ1) is 10.9. The number of hydrogen-bond acceptors (Lipinski definition) is 5. The highest BCUT2D eigenvalue weighted by Gasteiger charge is 2.36. The molecule has 0 spiro atoms. The Morgan fingerprint density at radius 2 is 1.70 bits per heavy atom. The highest BCUT2D eigenvalue weighted by molar-refractivity contribution is 6.11. The maximum atomic E-state index is 13.0. The van der Waals surface area contributed by atoms with Crippen LogP contribution in [-0.4, -0.2) is 39.8 Å². The van der Waals surface area contributed by atoms with E-state index in [-0.39, 0.29) is 5.56 Å². The van der Waals surface area contributed by atoms with Crippen LogP contribution in [0.2, 0.25) is 0 Å². The molecule has 0 atom stereocenters. The summed E-state index contributed by atoms with van der Waals surface area (Å²) >= 11 is 0. The Morgan fingerprint density at radius 1 is 1.13 bits per heavy atom. The molecule has 1 saturated heterocycles. The van der Waals surface area contributed by atoms with Gasteiger partial charge in [0.25, 0.3) is 0 Å². The van der Waals surface area contributed by atoms with Gasteiger partial charge in [-0.1, -0.05) is 0 Å². The zero-order chi connectivity index (χ0) is 17.0. The van der Waals surface area contributed by atoms with E-state index >= 15 is 0 Å². The molecule has 1 aromatic rings. The van der Waals surface area contributed by atoms with E-state index in [1.807, 2.05) is 0 Å². The molecule has 1 aliphatic rings. The monoisotopic (exact) mass is 322 g/mol. The van der Waals surface area contributed by atoms with E-state index in [0.29, 0.717) is 25.9 Å². The molecule has 1 aliphatic heterocycles. The van der Waals surface area contributed by atoms with Gasteiger partial charge in [-0.05, 0) is 43.5 Å². The van der Waals surface area contributed by atoms with Gasteiger partial charge in [-0.2, -0.15) is 0 Å². The van der Waals surface area contributed by atoms with Crippen LogP contribution in [0.3, 0.4) is 0 Å². The van der Waals surface area contributed by atoms with Gasteiger partial charge in [-0.3, -0.25) is 14.9 Å². The summed E-state index contributed by atoms with van der Waals surface area (Å²) in [4.78, 5) is 35.4. The quantitative estimate of drug-likeness (QED) is 0.385. The predicted molar refractivity (Wildman–Crippen MR) is 77.8 cm³/mol. The predicted octanol–water partition coefficient (Wildman–Crippen LogP) is 2.07. The minimum absolute atomic E-state index is 0.00701. The van der Waals surface area contributed by atoms with Crippen LogP contribution in [0.5, 0.6) is 0 Å². The van der Waals surface area contributed by atoms with Gasteiger partial charge < -0.3 is 10.0 Å². The number of piperidine rings is 1. The average Bonchev–Trinajstić information content (AvgIpc) is 2.52. The van der Waals surface area contributed by atoms with E-state index in [4.69, 9.17) is 5.11 Å². The van der Waals surface area contributed by atoms with Crippen molar-refractivity contribution in [2.24, 2.45) is 0 Å². The Bertz CT molecular complexity index is 647. The summed E-state index contributed by atoms with van der Waals surface area (Å²) in [6, 6.07) is 4.46. The molecule has 2 rings (SSSR count). The Labute approximate surface area is 131 Å². The highest BCUT2D eigenvalue weighted by Crippen LogP contribution is 2.22. The van der Waals surface area contributed by atoms with Crippen molar-refractivity contribution in [3.8, 4) is 0 Å². The summed E-state index contributed by atoms with van der Waals surface area (Å²) in [7, 11) is 0. The Morgan fingerprint density at radius 3 is 2.17 bits per heavy atom. The Hall–Kier alpha value is -2.77. The van der Waals surface area contributed by atoms with Crippen LogP contribution in [0.25, 0.3) is 0 Å². The smallest absolute Gasteiger partial charge is 0.409 e. The van der Waals surface area contributed by atoms with Crippen LogP contribution in [0.1, 0.15) is 29.6 Å². The standard InChI is InChI=1S/C15H15FN2O5/c16-11-6-4-10(5-7-11)14(19)12(13(15(20)21)18(22)23)17-8-2-1-3-9-17/h4-7H,1-3,8-9H2,(H,20,21)/b13-12+. The zero-order valence-electron chi connectivity index (χ0n) is 12.2. The van der Waals surface area contributed by atoms with E-state index < -0.39 is 33.9 Å². The molecule has 0 saturated carbocycles. The van der Waals surface area contributed by atoms with Gasteiger partial charge in [0.15, 0.2) is 5.70 Å². The van der Waals surface area contributed by atoms with Crippen molar-refractivity contribution in [3.63, 3.8) is 0 Å². The second-order valence-corrected chi connectivity index (χ2v) is 5.14. The first-order valence-corrected chi connectivity index (χ1v) is 7.09. The van der Waals surface area contributed by atoms with Crippen molar-refractivity contribution in [2.75, 3.05) is 13.1 Å². The number of halogens is 1. The number of carbonyl (C=O) groups is 2. The second-order valence-electron chi connectivity index (χ2n) is 5.14. The minimum Gasteiger partial charge on any atom is -0.473 e. The topological polar surface area (TPSA) is 101 Å². The molecule has 0 aromatic heterocycles. The van der Waals surface area contributed by atoms with Crippen LogP contribution in [0.15, 0.2) is 35.7 Å². The SMILES string of the molecule is O=C(O)/C(=C(/C(=O)c1ccc(F)cc1)N1CCCCC1)[N+](=O)[O-]. The summed E-state index contributed by atoms with van der Waals surface area (Å²) in [6.07, 6.45) is 2.34. The van der Waals surface area contributed by atoms with Crippen molar-refractivity contribution in [2.45, 2.75) is 19.3 Å². The molecule has 7 nitrogen and oxygen atoms in total. The third-order valence-electron chi connectivity index (χ3n) is 3.60. The Balaban J connectivity index is 2.54. The zero-order valence-corrected chi connectivity index (χ0v) is 12.2. The van der Waals surface area contributed by atoms with Crippen molar-refractivity contribution in [1.29, 1.82) is 0 Å². The largest absolute Gasteiger partial charge is 0.473 e. The fraction of sp³-hybridized carbons (Fsp3) is 0.333. The van der Waals surface area contributed by atoms with E-state index in [1.54, 1.807) is 0 Å². The van der Waals surface area contributed by atoms with Gasteiger partial charge in [0.05, 0.1) is 4.92 Å². The number of benzene rings is 1. The minimum atomic E-state index is -1.77. The maximum Gasteiger partial charge on any atom is 0.409 e. The first-order valence-electron chi connectivity index (χ1n) is 7.09. The number of aliphatic carboxylic acids is 1. The summed E-state index contributed by atoms with van der Waals surface area (Å²) in [6.45, 7) is 0.736. The number of likely N-dealkylation sites (tertiary alicyclic amines) is 1. The molecule has 0 unspecified atom stereocenters. The number of ketones is 1. The average molecular weight is 322 g/mol. The van der Waals surface area contributed by atoms with E-state index in [1.165, 1.54) is 17.0 Å². The van der Waals surface area contributed by atoms with Crippen LogP contribution >= 0.6 is 0 Å². The van der Waals surface area contributed by atoms with Crippen LogP contribution in [0.4, 0.5) is 4.39 Å². The van der Waals surface area contributed by atoms with Crippen LogP contribution in [-0.2, 0) is 4.79 Å². The van der Waals surface area contributed by atoms with Gasteiger partial charge in [-0.25, -0.2) is 9.18 Å². The third kappa shape index (κ3) is 3.71. The summed E-state index contributed by atoms with van der Waals surface area (Å²) in [5.41, 5.74) is -1.59. The van der Waals surface area contributed by atoms with Crippen molar-refractivity contribution >= 4 is 11.8 Å². The fourth-order valence-corrected chi connectivity index (χ4v) is 2.52. The molecule has 0 aliphatic carbocycles. The molecular formula is C15H15FN2O5. The second kappa shape index (κ2) is 6.99. The first kappa shape index (κ1) is 16.6. The van der Waals surface area contributed by atoms with E-state index in [9.17, 15) is 24.1 Å². The molecule has 1 N–H and O–H groups in total. The summed E-state index contributed by atoms with van der Waals surface area (Å²) < 4.78 is 13.0. The van der Waals surface area contributed by atoms with Gasteiger partial charge in [-0.15, -0.1) is 0 Å². The number of Topliss-reactive ketones (excluding diaryl/α,β-unsaturated/α-hetero) is 1. The van der Waals surface area contributed by atoms with E-state index in [2.05, 4.69) is 0 Å². The molecule has 1 fully saturated rings.